The number of rotatable bonds is 1. The summed E-state index contributed by atoms with van der Waals surface area (Å²) in [6.45, 7) is 0. The quantitative estimate of drug-likeness (QED) is 0.757. The van der Waals surface area contributed by atoms with E-state index in [2.05, 4.69) is 14.3 Å². The van der Waals surface area contributed by atoms with Gasteiger partial charge in [-0.2, -0.15) is 17.5 Å². The molecule has 0 spiro atoms. The number of hydrogen-bond acceptors (Lipinski definition) is 4. The zero-order valence-corrected chi connectivity index (χ0v) is 8.01. The van der Waals surface area contributed by atoms with Crippen molar-refractivity contribution >= 4 is 11.5 Å². The molecule has 2 aromatic rings. The van der Waals surface area contributed by atoms with Gasteiger partial charge in [-0.05, 0) is 23.7 Å². The molecule has 0 aliphatic carbocycles. The Labute approximate surface area is 86.8 Å². The van der Waals surface area contributed by atoms with E-state index >= 15 is 0 Å². The van der Waals surface area contributed by atoms with Gasteiger partial charge in [-0.3, -0.25) is 4.98 Å². The highest BCUT2D eigenvalue weighted by atomic mass is 32.1. The maximum absolute atomic E-state index is 12.3. The summed E-state index contributed by atoms with van der Waals surface area (Å²) in [6.07, 6.45) is -3.34. The van der Waals surface area contributed by atoms with Gasteiger partial charge in [0.2, 0.25) is 0 Å². The fraction of sp³-hybridized carbons (Fsp3) is 0.125. The lowest BCUT2D eigenvalue weighted by Gasteiger charge is -2.05. The third-order valence-corrected chi connectivity index (χ3v) is 2.15. The lowest BCUT2D eigenvalue weighted by molar-refractivity contribution is -0.141. The van der Waals surface area contributed by atoms with Gasteiger partial charge in [0, 0.05) is 11.8 Å². The average Bonchev–Trinajstić information content (AvgIpc) is 2.69. The largest absolute Gasteiger partial charge is 0.433 e. The van der Waals surface area contributed by atoms with Crippen molar-refractivity contribution in [3.05, 3.63) is 29.5 Å². The van der Waals surface area contributed by atoms with Gasteiger partial charge < -0.3 is 0 Å². The number of alkyl halides is 3. The summed E-state index contributed by atoms with van der Waals surface area (Å²) >= 11 is 1.09. The molecule has 0 amide bonds. The van der Waals surface area contributed by atoms with Crippen molar-refractivity contribution in [1.29, 1.82) is 0 Å². The third kappa shape index (κ3) is 2.12. The van der Waals surface area contributed by atoms with Crippen LogP contribution in [0.5, 0.6) is 0 Å². The van der Waals surface area contributed by atoms with E-state index in [-0.39, 0.29) is 5.82 Å². The van der Waals surface area contributed by atoms with Crippen molar-refractivity contribution in [1.82, 2.24) is 14.3 Å². The second-order valence-electron chi connectivity index (χ2n) is 2.68. The van der Waals surface area contributed by atoms with Crippen LogP contribution in [-0.4, -0.2) is 14.3 Å². The molecule has 3 nitrogen and oxygen atoms in total. The first-order valence-electron chi connectivity index (χ1n) is 3.87. The van der Waals surface area contributed by atoms with Gasteiger partial charge in [0.05, 0.1) is 0 Å². The van der Waals surface area contributed by atoms with Crippen LogP contribution in [0.1, 0.15) is 5.69 Å². The van der Waals surface area contributed by atoms with E-state index in [1.807, 2.05) is 0 Å². The summed E-state index contributed by atoms with van der Waals surface area (Å²) in [5, 5.41) is 0. The van der Waals surface area contributed by atoms with E-state index in [0.717, 1.165) is 23.8 Å². The summed E-state index contributed by atoms with van der Waals surface area (Å²) < 4.78 is 40.8. The maximum atomic E-state index is 12.3. The zero-order chi connectivity index (χ0) is 10.9. The molecule has 0 aliphatic rings. The summed E-state index contributed by atoms with van der Waals surface area (Å²) in [4.78, 5) is 7.07. The second-order valence-corrected chi connectivity index (χ2v) is 3.29. The molecule has 0 saturated carbocycles. The molecular formula is C8H4F3N3S. The van der Waals surface area contributed by atoms with Crippen LogP contribution in [0.3, 0.4) is 0 Å². The summed E-state index contributed by atoms with van der Waals surface area (Å²) in [7, 11) is 0. The first-order valence-corrected chi connectivity index (χ1v) is 4.71. The highest BCUT2D eigenvalue weighted by Crippen LogP contribution is 2.29. The summed E-state index contributed by atoms with van der Waals surface area (Å²) in [5.41, 5.74) is 0.844. The van der Waals surface area contributed by atoms with Gasteiger partial charge in [0.25, 0.3) is 0 Å². The molecule has 2 heterocycles. The molecule has 2 rings (SSSR count). The molecule has 0 aromatic carbocycles. The Balaban J connectivity index is 2.44. The number of aromatic nitrogens is 3. The number of halogens is 3. The number of pyridine rings is 1. The molecule has 7 heteroatoms. The third-order valence-electron chi connectivity index (χ3n) is 1.67. The van der Waals surface area contributed by atoms with Gasteiger partial charge in [0.1, 0.15) is 11.2 Å². The topological polar surface area (TPSA) is 38.7 Å². The molecule has 78 valence electrons. The van der Waals surface area contributed by atoms with Crippen LogP contribution in [0.4, 0.5) is 13.2 Å². The predicted octanol–water partition coefficient (Wildman–Crippen LogP) is 2.62. The number of nitrogens with zero attached hydrogens (tertiary/aromatic N) is 3. The highest BCUT2D eigenvalue weighted by Gasteiger charge is 2.32. The molecular weight excluding hydrogens is 227 g/mol. The highest BCUT2D eigenvalue weighted by molar-refractivity contribution is 7.03. The normalized spacial score (nSPS) is 11.7. The van der Waals surface area contributed by atoms with Crippen LogP contribution in [0.2, 0.25) is 0 Å². The summed E-state index contributed by atoms with van der Waals surface area (Å²) in [5.74, 6) is 0.285. The molecule has 0 aliphatic heterocycles. The van der Waals surface area contributed by atoms with Crippen molar-refractivity contribution < 1.29 is 13.2 Å². The van der Waals surface area contributed by atoms with Gasteiger partial charge in [-0.15, -0.1) is 0 Å². The molecule has 0 fully saturated rings. The first kappa shape index (κ1) is 10.0. The maximum Gasteiger partial charge on any atom is 0.433 e. The Morgan fingerprint density at radius 2 is 2.00 bits per heavy atom. The van der Waals surface area contributed by atoms with Crippen LogP contribution in [0.25, 0.3) is 11.4 Å². The fourth-order valence-electron chi connectivity index (χ4n) is 1.02. The molecule has 0 N–H and O–H groups in total. The van der Waals surface area contributed by atoms with Crippen LogP contribution < -0.4 is 0 Å². The standard InChI is InChI=1S/C8H4F3N3S/c9-8(10,11)6-3-5(1-2-12-6)7-13-4-15-14-7/h1-4H. The Morgan fingerprint density at radius 3 is 2.60 bits per heavy atom. The lowest BCUT2D eigenvalue weighted by atomic mass is 10.2. The van der Waals surface area contributed by atoms with E-state index in [1.165, 1.54) is 11.6 Å². The Bertz CT molecular complexity index is 452. The van der Waals surface area contributed by atoms with Gasteiger partial charge in [-0.25, -0.2) is 4.98 Å². The Hall–Kier alpha value is -1.50. The molecule has 0 saturated heterocycles. The first-order chi connectivity index (χ1) is 7.07. The van der Waals surface area contributed by atoms with Gasteiger partial charge in [-0.1, -0.05) is 0 Å². The van der Waals surface area contributed by atoms with Crippen molar-refractivity contribution in [2.45, 2.75) is 6.18 Å². The molecule has 2 aromatic heterocycles. The van der Waals surface area contributed by atoms with E-state index in [9.17, 15) is 13.2 Å². The van der Waals surface area contributed by atoms with Crippen LogP contribution in [0, 0.1) is 0 Å². The minimum absolute atomic E-state index is 0.285. The molecule has 0 unspecified atom stereocenters. The SMILES string of the molecule is FC(F)(F)c1cc(-c2ncsn2)ccn1. The smallest absolute Gasteiger partial charge is 0.252 e. The lowest BCUT2D eigenvalue weighted by Crippen LogP contribution is -2.07. The van der Waals surface area contributed by atoms with Gasteiger partial charge >= 0.3 is 6.18 Å². The van der Waals surface area contributed by atoms with E-state index < -0.39 is 11.9 Å². The molecule has 0 radical (unpaired) electrons. The average molecular weight is 231 g/mol. The van der Waals surface area contributed by atoms with E-state index in [0.29, 0.717) is 5.56 Å². The van der Waals surface area contributed by atoms with E-state index in [4.69, 9.17) is 0 Å². The van der Waals surface area contributed by atoms with Gasteiger partial charge in [0.15, 0.2) is 5.82 Å². The van der Waals surface area contributed by atoms with Crippen LogP contribution >= 0.6 is 11.5 Å². The second kappa shape index (κ2) is 3.58. The van der Waals surface area contributed by atoms with Crippen molar-refractivity contribution in [3.8, 4) is 11.4 Å². The molecule has 0 bridgehead atoms. The Morgan fingerprint density at radius 1 is 1.20 bits per heavy atom. The molecule has 0 atom stereocenters. The Kier molecular flexibility index (Phi) is 2.39. The summed E-state index contributed by atoms with van der Waals surface area (Å²) in [6, 6.07) is 2.37. The van der Waals surface area contributed by atoms with Crippen molar-refractivity contribution in [3.63, 3.8) is 0 Å². The minimum Gasteiger partial charge on any atom is -0.252 e. The number of hydrogen-bond donors (Lipinski definition) is 0. The van der Waals surface area contributed by atoms with E-state index in [1.54, 1.807) is 0 Å². The van der Waals surface area contributed by atoms with Crippen molar-refractivity contribution in [2.24, 2.45) is 0 Å². The fourth-order valence-corrected chi connectivity index (χ4v) is 1.47. The molecule has 15 heavy (non-hydrogen) atoms. The zero-order valence-electron chi connectivity index (χ0n) is 7.19. The minimum atomic E-state index is -4.44. The van der Waals surface area contributed by atoms with Crippen molar-refractivity contribution in [2.75, 3.05) is 0 Å². The van der Waals surface area contributed by atoms with Crippen LogP contribution in [-0.2, 0) is 6.18 Å². The predicted molar refractivity (Wildman–Crippen MR) is 48.1 cm³/mol. The monoisotopic (exact) mass is 231 g/mol. The van der Waals surface area contributed by atoms with Crippen LogP contribution in [0.15, 0.2) is 23.8 Å².